The Bertz CT molecular complexity index is 1080. The Hall–Kier alpha value is -2.86. The van der Waals surface area contributed by atoms with Crippen LogP contribution in [-0.4, -0.2) is 85.6 Å². The lowest BCUT2D eigenvalue weighted by Crippen LogP contribution is -2.22. The van der Waals surface area contributed by atoms with E-state index in [4.69, 9.17) is 43.9 Å². The van der Waals surface area contributed by atoms with Crippen LogP contribution in [0, 0.1) is 0 Å². The van der Waals surface area contributed by atoms with Gasteiger partial charge in [0, 0.05) is 50.7 Å². The number of benzene rings is 2. The first-order valence-electron chi connectivity index (χ1n) is 14.3. The zero-order valence-electron chi connectivity index (χ0n) is 25.0. The topological polar surface area (TPSA) is 157 Å². The number of aliphatic carboxylic acids is 2. The summed E-state index contributed by atoms with van der Waals surface area (Å²) in [6, 6.07) is 12.0. The molecule has 12 heteroatoms. The third kappa shape index (κ3) is 19.1. The maximum atomic E-state index is 10.3. The van der Waals surface area contributed by atoms with E-state index in [-0.39, 0.29) is 0 Å². The number of nitrogens with zero attached hydrogens (tertiary/aromatic N) is 1. The number of aliphatic hydroxyl groups is 1. The molecule has 0 aliphatic carbocycles. The van der Waals surface area contributed by atoms with E-state index in [0.29, 0.717) is 40.0 Å². The van der Waals surface area contributed by atoms with Crippen molar-refractivity contribution < 1.29 is 29.6 Å². The van der Waals surface area contributed by atoms with Gasteiger partial charge in [0.2, 0.25) is 0 Å². The van der Waals surface area contributed by atoms with Crippen LogP contribution in [0.5, 0.6) is 0 Å². The largest absolute Gasteiger partial charge is 0.478 e. The zero-order chi connectivity index (χ0) is 32.0. The van der Waals surface area contributed by atoms with Crippen LogP contribution in [0.4, 0.5) is 11.4 Å². The number of nitrogen functional groups attached to an aromatic ring is 1. The molecular formula is C31H46Cl2N4O6. The maximum Gasteiger partial charge on any atom is 0.328 e. The molecule has 2 aromatic rings. The van der Waals surface area contributed by atoms with Gasteiger partial charge in [0.05, 0.1) is 21.8 Å². The molecule has 0 fully saturated rings. The standard InChI is InChI=1S/C27H42Cl2N4O2.C4H4O4/c1-33(2)15-14-32-23-11-9-21(10-12-23)8-7-17-35-16-6-4-3-5-13-31-20-26(34)22-18-24(28)27(30)25(29)19-22;5-3(6)1-2-4(7)8/h9-12,18-19,26,31-32,34H,3-8,13-17,20,30H2,1-2H3;1-2H,(H,5,6)(H,7,8)/b;2-1+. The minimum atomic E-state index is -1.26. The lowest BCUT2D eigenvalue weighted by Gasteiger charge is -2.14. The van der Waals surface area contributed by atoms with Gasteiger partial charge in [-0.1, -0.05) is 48.2 Å². The molecule has 7 N–H and O–H groups in total. The molecule has 0 aliphatic rings. The highest BCUT2D eigenvalue weighted by Crippen LogP contribution is 2.31. The van der Waals surface area contributed by atoms with Gasteiger partial charge in [0.15, 0.2) is 0 Å². The van der Waals surface area contributed by atoms with Crippen molar-refractivity contribution in [2.24, 2.45) is 0 Å². The number of carboxylic acids is 2. The number of halogens is 2. The number of anilines is 2. The summed E-state index contributed by atoms with van der Waals surface area (Å²) < 4.78 is 5.79. The molecule has 0 heterocycles. The molecule has 1 atom stereocenters. The molecule has 2 aromatic carbocycles. The van der Waals surface area contributed by atoms with E-state index in [9.17, 15) is 14.7 Å². The summed E-state index contributed by atoms with van der Waals surface area (Å²) in [6.45, 7) is 4.92. The number of unbranched alkanes of at least 4 members (excludes halogenated alkanes) is 3. The first-order valence-corrected chi connectivity index (χ1v) is 15.1. The van der Waals surface area contributed by atoms with Crippen molar-refractivity contribution >= 4 is 46.5 Å². The molecule has 10 nitrogen and oxygen atoms in total. The highest BCUT2D eigenvalue weighted by atomic mass is 35.5. The third-order valence-corrected chi connectivity index (χ3v) is 6.81. The predicted octanol–water partition coefficient (Wildman–Crippen LogP) is 5.09. The highest BCUT2D eigenvalue weighted by molar-refractivity contribution is 6.38. The van der Waals surface area contributed by atoms with Gasteiger partial charge in [-0.25, -0.2) is 9.59 Å². The minimum absolute atomic E-state index is 0.343. The number of aryl methyl sites for hydroxylation is 1. The van der Waals surface area contributed by atoms with E-state index >= 15 is 0 Å². The molecule has 0 amide bonds. The quantitative estimate of drug-likeness (QED) is 0.0654. The first-order chi connectivity index (χ1) is 20.5. The number of likely N-dealkylation sites (N-methyl/N-ethyl adjacent to an activating group) is 1. The van der Waals surface area contributed by atoms with Crippen LogP contribution in [-0.2, 0) is 20.7 Å². The van der Waals surface area contributed by atoms with Crippen LogP contribution >= 0.6 is 23.2 Å². The summed E-state index contributed by atoms with van der Waals surface area (Å²) in [5.41, 5.74) is 9.28. The predicted molar refractivity (Wildman–Crippen MR) is 174 cm³/mol. The third-order valence-electron chi connectivity index (χ3n) is 6.18. The van der Waals surface area contributed by atoms with Gasteiger partial charge in [-0.3, -0.25) is 0 Å². The van der Waals surface area contributed by atoms with Crippen LogP contribution in [0.15, 0.2) is 48.6 Å². The van der Waals surface area contributed by atoms with Crippen molar-refractivity contribution in [2.45, 2.75) is 44.6 Å². The molecule has 0 radical (unpaired) electrons. The molecular weight excluding hydrogens is 595 g/mol. The maximum absolute atomic E-state index is 10.3. The number of nitrogens with two attached hydrogens (primary N) is 1. The average Bonchev–Trinajstić information content (AvgIpc) is 2.96. The number of ether oxygens (including phenoxy) is 1. The first kappa shape index (κ1) is 38.2. The monoisotopic (exact) mass is 640 g/mol. The Morgan fingerprint density at radius 2 is 1.51 bits per heavy atom. The fourth-order valence-corrected chi connectivity index (χ4v) is 4.30. The second-order valence-corrected chi connectivity index (χ2v) is 11.0. The van der Waals surface area contributed by atoms with Crippen LogP contribution in [0.2, 0.25) is 10.0 Å². The number of hydrogen-bond donors (Lipinski definition) is 6. The SMILES string of the molecule is CN(C)CCNc1ccc(CCCOCCCCCCNCC(O)c2cc(Cl)c(N)c(Cl)c2)cc1.O=C(O)/C=C/C(=O)O. The van der Waals surface area contributed by atoms with Gasteiger partial charge in [0.1, 0.15) is 0 Å². The summed E-state index contributed by atoms with van der Waals surface area (Å²) in [5.74, 6) is -2.51. The molecule has 1 unspecified atom stereocenters. The van der Waals surface area contributed by atoms with Crippen LogP contribution in [0.1, 0.15) is 49.3 Å². The molecule has 0 saturated carbocycles. The van der Waals surface area contributed by atoms with Crippen molar-refractivity contribution in [3.05, 3.63) is 69.7 Å². The molecule has 0 aromatic heterocycles. The Morgan fingerprint density at radius 1 is 0.930 bits per heavy atom. The Kier molecular flexibility index (Phi) is 20.1. The van der Waals surface area contributed by atoms with Gasteiger partial charge in [0.25, 0.3) is 0 Å². The Labute approximate surface area is 264 Å². The number of carbonyl (C=O) groups is 2. The lowest BCUT2D eigenvalue weighted by atomic mass is 10.1. The second-order valence-electron chi connectivity index (χ2n) is 10.2. The fraction of sp³-hybridized carbons (Fsp3) is 0.484. The van der Waals surface area contributed by atoms with Gasteiger partial charge in [-0.15, -0.1) is 0 Å². The van der Waals surface area contributed by atoms with Crippen LogP contribution in [0.25, 0.3) is 0 Å². The molecule has 0 bridgehead atoms. The Morgan fingerprint density at radius 3 is 2.09 bits per heavy atom. The number of rotatable bonds is 20. The van der Waals surface area contributed by atoms with Crippen molar-refractivity contribution in [1.29, 1.82) is 0 Å². The summed E-state index contributed by atoms with van der Waals surface area (Å²) in [5, 5.41) is 33.4. The lowest BCUT2D eigenvalue weighted by molar-refractivity contribution is -0.134. The normalized spacial score (nSPS) is 11.8. The molecule has 240 valence electrons. The molecule has 0 spiro atoms. The van der Waals surface area contributed by atoms with Crippen molar-refractivity contribution in [1.82, 2.24) is 10.2 Å². The van der Waals surface area contributed by atoms with E-state index in [1.165, 1.54) is 11.3 Å². The van der Waals surface area contributed by atoms with E-state index in [2.05, 4.69) is 53.9 Å². The minimum Gasteiger partial charge on any atom is -0.478 e. The van der Waals surface area contributed by atoms with Crippen molar-refractivity contribution in [2.75, 3.05) is 64.5 Å². The van der Waals surface area contributed by atoms with Crippen molar-refractivity contribution in [3.8, 4) is 0 Å². The smallest absolute Gasteiger partial charge is 0.328 e. The van der Waals surface area contributed by atoms with Gasteiger partial charge in [-0.2, -0.15) is 0 Å². The average molecular weight is 642 g/mol. The Balaban J connectivity index is 0.00000101. The van der Waals surface area contributed by atoms with Crippen LogP contribution < -0.4 is 16.4 Å². The highest BCUT2D eigenvalue weighted by Gasteiger charge is 2.12. The number of carboxylic acid groups (broad SMARTS) is 2. The van der Waals surface area contributed by atoms with E-state index in [1.807, 2.05) is 0 Å². The molecule has 43 heavy (non-hydrogen) atoms. The van der Waals surface area contributed by atoms with Gasteiger partial charge >= 0.3 is 11.9 Å². The fourth-order valence-electron chi connectivity index (χ4n) is 3.80. The summed E-state index contributed by atoms with van der Waals surface area (Å²) >= 11 is 12.1. The van der Waals surface area contributed by atoms with Crippen molar-refractivity contribution in [3.63, 3.8) is 0 Å². The van der Waals surface area contributed by atoms with Crippen LogP contribution in [0.3, 0.4) is 0 Å². The van der Waals surface area contributed by atoms with E-state index < -0.39 is 18.0 Å². The molecule has 0 aliphatic heterocycles. The summed E-state index contributed by atoms with van der Waals surface area (Å²) in [6.07, 6.45) is 6.98. The number of aliphatic hydroxyl groups excluding tert-OH is 1. The number of hydrogen-bond acceptors (Lipinski definition) is 8. The van der Waals surface area contributed by atoms with E-state index in [1.54, 1.807) is 12.1 Å². The molecule has 2 rings (SSSR count). The second kappa shape index (κ2) is 22.6. The van der Waals surface area contributed by atoms with Gasteiger partial charge < -0.3 is 41.3 Å². The zero-order valence-corrected chi connectivity index (χ0v) is 26.5. The number of nitrogens with one attached hydrogen (secondary N) is 2. The van der Waals surface area contributed by atoms with Gasteiger partial charge in [-0.05, 0) is 81.7 Å². The summed E-state index contributed by atoms with van der Waals surface area (Å²) in [7, 11) is 4.16. The molecule has 0 saturated heterocycles. The van der Waals surface area contributed by atoms with E-state index in [0.717, 1.165) is 71.4 Å². The summed E-state index contributed by atoms with van der Waals surface area (Å²) in [4.78, 5) is 21.3.